The van der Waals surface area contributed by atoms with E-state index in [4.69, 9.17) is 0 Å². The molecule has 1 aliphatic heterocycles. The molecule has 6 nitrogen and oxygen atoms in total. The molecule has 2 unspecified atom stereocenters. The largest absolute Gasteiger partial charge is 0.345 e. The van der Waals surface area contributed by atoms with Gasteiger partial charge in [-0.2, -0.15) is 0 Å². The third kappa shape index (κ3) is 5.69. The molecule has 4 rings (SSSR count). The first kappa shape index (κ1) is 23.6. The molecule has 1 aromatic heterocycles. The van der Waals surface area contributed by atoms with Crippen LogP contribution < -0.4 is 10.6 Å². The summed E-state index contributed by atoms with van der Waals surface area (Å²) >= 11 is 0. The highest BCUT2D eigenvalue weighted by Crippen LogP contribution is 2.27. The molecule has 3 aromatic rings. The lowest BCUT2D eigenvalue weighted by molar-refractivity contribution is -0.126. The van der Waals surface area contributed by atoms with Crippen molar-refractivity contribution in [3.05, 3.63) is 95.2 Å². The number of likely N-dealkylation sites (tertiary alicyclic amines) is 1. The molecular weight excluding hydrogens is 424 g/mol. The van der Waals surface area contributed by atoms with Crippen LogP contribution in [0.25, 0.3) is 0 Å². The summed E-state index contributed by atoms with van der Waals surface area (Å²) in [5, 5.41) is 6.41. The number of carbonyl (C=O) groups excluding carboxylic acids is 2. The van der Waals surface area contributed by atoms with Gasteiger partial charge in [-0.05, 0) is 35.6 Å². The Morgan fingerprint density at radius 3 is 2.41 bits per heavy atom. The Balaban J connectivity index is 1.43. The highest BCUT2D eigenvalue weighted by Gasteiger charge is 2.28. The lowest BCUT2D eigenvalue weighted by Crippen LogP contribution is -2.35. The summed E-state index contributed by atoms with van der Waals surface area (Å²) in [6, 6.07) is 21.5. The first-order valence-electron chi connectivity index (χ1n) is 11.8. The van der Waals surface area contributed by atoms with Gasteiger partial charge in [0.2, 0.25) is 11.8 Å². The Morgan fingerprint density at radius 1 is 1.06 bits per heavy atom. The van der Waals surface area contributed by atoms with Crippen LogP contribution in [0.5, 0.6) is 0 Å². The fourth-order valence-corrected chi connectivity index (χ4v) is 4.32. The molecule has 1 fully saturated rings. The number of hydrogen-bond acceptors (Lipinski definition) is 4. The fourth-order valence-electron chi connectivity index (χ4n) is 4.32. The van der Waals surface area contributed by atoms with Crippen molar-refractivity contribution in [1.29, 1.82) is 0 Å². The number of hydrogen-bond donors (Lipinski definition) is 2. The van der Waals surface area contributed by atoms with E-state index in [1.54, 1.807) is 11.1 Å². The molecule has 34 heavy (non-hydrogen) atoms. The molecule has 6 heteroatoms. The highest BCUT2D eigenvalue weighted by molar-refractivity contribution is 5.94. The van der Waals surface area contributed by atoms with E-state index in [1.807, 2.05) is 49.5 Å². The van der Waals surface area contributed by atoms with Crippen molar-refractivity contribution in [2.45, 2.75) is 38.1 Å². The Kier molecular flexibility index (Phi) is 7.38. The zero-order valence-electron chi connectivity index (χ0n) is 20.0. The van der Waals surface area contributed by atoms with Crippen molar-refractivity contribution in [2.24, 2.45) is 0 Å². The van der Waals surface area contributed by atoms with Crippen LogP contribution in [0.1, 0.15) is 53.5 Å². The predicted molar refractivity (Wildman–Crippen MR) is 135 cm³/mol. The van der Waals surface area contributed by atoms with Crippen LogP contribution in [-0.2, 0) is 9.59 Å². The molecule has 1 aliphatic rings. The van der Waals surface area contributed by atoms with Crippen molar-refractivity contribution in [2.75, 3.05) is 25.5 Å². The molecule has 2 aromatic carbocycles. The van der Waals surface area contributed by atoms with E-state index in [9.17, 15) is 9.59 Å². The number of nitrogens with one attached hydrogen (secondary N) is 2. The fraction of sp³-hybridized carbons (Fsp3) is 0.321. The van der Waals surface area contributed by atoms with Crippen LogP contribution in [0.3, 0.4) is 0 Å². The van der Waals surface area contributed by atoms with Crippen molar-refractivity contribution in [1.82, 2.24) is 15.2 Å². The number of rotatable bonds is 8. The van der Waals surface area contributed by atoms with Gasteiger partial charge in [-0.1, -0.05) is 73.2 Å². The van der Waals surface area contributed by atoms with Crippen LogP contribution in [0.15, 0.2) is 72.9 Å². The topological polar surface area (TPSA) is 74.3 Å². The van der Waals surface area contributed by atoms with Crippen LogP contribution >= 0.6 is 0 Å². The van der Waals surface area contributed by atoms with Gasteiger partial charge in [-0.15, -0.1) is 0 Å². The predicted octanol–water partition coefficient (Wildman–Crippen LogP) is 4.41. The standard InChI is InChI=1S/C28H32N4O2/c1-19-9-11-21(12-10-19)20(2)16-30-27(22-7-5-4-6-8-22)28(34)31-25-14-13-23(17-29-25)24-15-26(33)32(3)18-24/h4-14,17,20,24,27,30H,15-16,18H2,1-3H3,(H,29,31,34)/t20?,24?,27-/m0/s1. The van der Waals surface area contributed by atoms with Crippen LogP contribution in [0.2, 0.25) is 0 Å². The number of amides is 2. The summed E-state index contributed by atoms with van der Waals surface area (Å²) in [5.41, 5.74) is 4.38. The number of aryl methyl sites for hydroxylation is 1. The molecular formula is C28H32N4O2. The van der Waals surface area contributed by atoms with E-state index in [0.717, 1.165) is 11.1 Å². The summed E-state index contributed by atoms with van der Waals surface area (Å²) in [4.78, 5) is 31.3. The number of benzene rings is 2. The quantitative estimate of drug-likeness (QED) is 0.527. The maximum Gasteiger partial charge on any atom is 0.247 e. The van der Waals surface area contributed by atoms with Crippen molar-refractivity contribution in [3.63, 3.8) is 0 Å². The molecule has 0 radical (unpaired) electrons. The van der Waals surface area contributed by atoms with E-state index in [-0.39, 0.29) is 23.7 Å². The third-order valence-electron chi connectivity index (χ3n) is 6.52. The van der Waals surface area contributed by atoms with Crippen molar-refractivity contribution >= 4 is 17.6 Å². The third-order valence-corrected chi connectivity index (χ3v) is 6.52. The van der Waals surface area contributed by atoms with Gasteiger partial charge < -0.3 is 15.5 Å². The van der Waals surface area contributed by atoms with E-state index < -0.39 is 6.04 Å². The molecule has 3 atom stereocenters. The van der Waals surface area contributed by atoms with E-state index >= 15 is 0 Å². The Morgan fingerprint density at radius 2 is 1.79 bits per heavy atom. The molecule has 2 heterocycles. The average Bonchev–Trinajstić information content (AvgIpc) is 3.18. The molecule has 2 N–H and O–H groups in total. The molecule has 1 saturated heterocycles. The zero-order chi connectivity index (χ0) is 24.1. The smallest absolute Gasteiger partial charge is 0.247 e. The normalized spacial score (nSPS) is 17.4. The van der Waals surface area contributed by atoms with Crippen LogP contribution in [0, 0.1) is 6.92 Å². The highest BCUT2D eigenvalue weighted by atomic mass is 16.2. The monoisotopic (exact) mass is 456 g/mol. The number of pyridine rings is 1. The minimum atomic E-state index is -0.503. The van der Waals surface area contributed by atoms with Gasteiger partial charge in [0, 0.05) is 38.7 Å². The first-order chi connectivity index (χ1) is 16.4. The van der Waals surface area contributed by atoms with E-state index in [1.165, 1.54) is 11.1 Å². The number of carbonyl (C=O) groups is 2. The summed E-state index contributed by atoms with van der Waals surface area (Å²) in [5.74, 6) is 0.902. The lowest BCUT2D eigenvalue weighted by Gasteiger charge is -2.21. The van der Waals surface area contributed by atoms with Gasteiger partial charge in [0.1, 0.15) is 11.9 Å². The second kappa shape index (κ2) is 10.6. The maximum atomic E-state index is 13.3. The number of likely N-dealkylation sites (N-methyl/N-ethyl adjacent to an activating group) is 1. The van der Waals surface area contributed by atoms with E-state index in [2.05, 4.69) is 53.7 Å². The Hall–Kier alpha value is -3.51. The van der Waals surface area contributed by atoms with Gasteiger partial charge in [-0.3, -0.25) is 9.59 Å². The summed E-state index contributed by atoms with van der Waals surface area (Å²) < 4.78 is 0. The van der Waals surface area contributed by atoms with Crippen molar-refractivity contribution in [3.8, 4) is 0 Å². The van der Waals surface area contributed by atoms with Crippen LogP contribution in [0.4, 0.5) is 5.82 Å². The molecule has 2 amide bonds. The molecule has 176 valence electrons. The molecule has 0 aliphatic carbocycles. The van der Waals surface area contributed by atoms with Gasteiger partial charge in [-0.25, -0.2) is 4.98 Å². The molecule has 0 bridgehead atoms. The first-order valence-corrected chi connectivity index (χ1v) is 11.8. The Bertz CT molecular complexity index is 1110. The molecule has 0 spiro atoms. The van der Waals surface area contributed by atoms with Gasteiger partial charge in [0.25, 0.3) is 0 Å². The van der Waals surface area contributed by atoms with Crippen LogP contribution in [-0.4, -0.2) is 41.8 Å². The van der Waals surface area contributed by atoms with Gasteiger partial charge >= 0.3 is 0 Å². The minimum Gasteiger partial charge on any atom is -0.345 e. The van der Waals surface area contributed by atoms with Gasteiger partial charge in [0.15, 0.2) is 0 Å². The molecule has 0 saturated carbocycles. The van der Waals surface area contributed by atoms with Gasteiger partial charge in [0.05, 0.1) is 0 Å². The summed E-state index contributed by atoms with van der Waals surface area (Å²) in [7, 11) is 1.82. The maximum absolute atomic E-state index is 13.3. The lowest BCUT2D eigenvalue weighted by atomic mass is 9.98. The second-order valence-electron chi connectivity index (χ2n) is 9.21. The second-order valence-corrected chi connectivity index (χ2v) is 9.21. The van der Waals surface area contributed by atoms with Crippen molar-refractivity contribution < 1.29 is 9.59 Å². The number of aromatic nitrogens is 1. The minimum absolute atomic E-state index is 0.150. The zero-order valence-corrected chi connectivity index (χ0v) is 20.0. The summed E-state index contributed by atoms with van der Waals surface area (Å²) in [6.45, 7) is 5.59. The van der Waals surface area contributed by atoms with E-state index in [0.29, 0.717) is 25.3 Å². The SMILES string of the molecule is Cc1ccc(C(C)CN[C@H](C(=O)Nc2ccc(C3CC(=O)N(C)C3)cn2)c2ccccc2)cc1. The summed E-state index contributed by atoms with van der Waals surface area (Å²) in [6.07, 6.45) is 2.26. The number of anilines is 1. The average molecular weight is 457 g/mol. The number of nitrogens with zero attached hydrogens (tertiary/aromatic N) is 2. The Labute approximate surface area is 201 Å².